The molecule has 41 heavy (non-hydrogen) atoms. The summed E-state index contributed by atoms with van der Waals surface area (Å²) < 4.78 is 14.1. The molecule has 0 radical (unpaired) electrons. The lowest BCUT2D eigenvalue weighted by molar-refractivity contribution is 0.0697. The third-order valence-corrected chi connectivity index (χ3v) is 8.61. The van der Waals surface area contributed by atoms with Crippen molar-refractivity contribution in [3.63, 3.8) is 0 Å². The molecule has 0 saturated carbocycles. The van der Waals surface area contributed by atoms with Crippen molar-refractivity contribution in [1.82, 2.24) is 4.57 Å². The zero-order valence-corrected chi connectivity index (χ0v) is 22.9. The largest absolute Gasteiger partial charge is 0.496 e. The summed E-state index contributed by atoms with van der Waals surface area (Å²) in [6, 6.07) is 25.9. The lowest BCUT2D eigenvalue weighted by Gasteiger charge is -2.31. The van der Waals surface area contributed by atoms with Crippen molar-refractivity contribution < 1.29 is 19.1 Å². The van der Waals surface area contributed by atoms with E-state index in [0.29, 0.717) is 20.9 Å². The van der Waals surface area contributed by atoms with E-state index in [1.54, 1.807) is 36.0 Å². The van der Waals surface area contributed by atoms with Gasteiger partial charge < -0.3 is 14.3 Å². The summed E-state index contributed by atoms with van der Waals surface area (Å²) in [6.45, 7) is 0. The molecule has 2 aliphatic rings. The van der Waals surface area contributed by atoms with Crippen LogP contribution in [0.1, 0.15) is 45.3 Å². The number of aryl methyl sites for hydroxylation is 1. The highest BCUT2D eigenvalue weighted by atomic mass is 32.1. The van der Waals surface area contributed by atoms with Crippen LogP contribution >= 0.6 is 11.3 Å². The normalized spacial score (nSPS) is 16.0. The maximum absolute atomic E-state index is 14.0. The summed E-state index contributed by atoms with van der Waals surface area (Å²) in [6.07, 6.45) is 3.42. The van der Waals surface area contributed by atoms with E-state index in [1.807, 2.05) is 36.4 Å². The number of aromatic nitrogens is 1. The minimum atomic E-state index is -0.983. The molecule has 1 unspecified atom stereocenters. The molecule has 8 heteroatoms. The van der Waals surface area contributed by atoms with Gasteiger partial charge in [-0.05, 0) is 54.3 Å². The van der Waals surface area contributed by atoms with Crippen molar-refractivity contribution in [3.05, 3.63) is 138 Å². The Balaban J connectivity index is 1.38. The number of carboxylic acid groups (broad SMARTS) is 1. The first-order valence-corrected chi connectivity index (χ1v) is 14.0. The van der Waals surface area contributed by atoms with Gasteiger partial charge in [0.25, 0.3) is 5.56 Å². The van der Waals surface area contributed by atoms with E-state index in [2.05, 4.69) is 18.2 Å². The molecule has 0 saturated heterocycles. The van der Waals surface area contributed by atoms with Crippen LogP contribution in [-0.4, -0.2) is 22.8 Å². The van der Waals surface area contributed by atoms with Crippen molar-refractivity contribution >= 4 is 29.1 Å². The van der Waals surface area contributed by atoms with Gasteiger partial charge in [0.1, 0.15) is 17.3 Å². The Labute approximate surface area is 238 Å². The monoisotopic (exact) mass is 560 g/mol. The molecule has 0 amide bonds. The van der Waals surface area contributed by atoms with Crippen molar-refractivity contribution in [3.8, 4) is 17.1 Å². The lowest BCUT2D eigenvalue weighted by atomic mass is 9.83. The van der Waals surface area contributed by atoms with Gasteiger partial charge in [-0.1, -0.05) is 65.9 Å². The molecule has 1 aliphatic carbocycles. The van der Waals surface area contributed by atoms with Gasteiger partial charge in [-0.15, -0.1) is 0 Å². The number of furan rings is 1. The number of thiazole rings is 1. The molecule has 1 aliphatic heterocycles. The predicted octanol–water partition coefficient (Wildman–Crippen LogP) is 5.29. The summed E-state index contributed by atoms with van der Waals surface area (Å²) in [5.74, 6) is 0.850. The van der Waals surface area contributed by atoms with Gasteiger partial charge in [-0.2, -0.15) is 0 Å². The van der Waals surface area contributed by atoms with Crippen molar-refractivity contribution in [1.29, 1.82) is 0 Å². The third kappa shape index (κ3) is 4.24. The number of fused-ring (bicyclic) bond motifs is 3. The van der Waals surface area contributed by atoms with Crippen LogP contribution in [0.15, 0.2) is 105 Å². The van der Waals surface area contributed by atoms with Gasteiger partial charge in [0.15, 0.2) is 4.80 Å². The zero-order chi connectivity index (χ0) is 28.1. The molecule has 5 aromatic rings. The van der Waals surface area contributed by atoms with E-state index in [1.165, 1.54) is 29.0 Å². The maximum atomic E-state index is 14.0. The fourth-order valence-electron chi connectivity index (χ4n) is 5.68. The van der Waals surface area contributed by atoms with Crippen LogP contribution in [-0.2, 0) is 6.42 Å². The highest BCUT2D eigenvalue weighted by Crippen LogP contribution is 2.43. The molecule has 0 bridgehead atoms. The Morgan fingerprint density at radius 1 is 1.02 bits per heavy atom. The quantitative estimate of drug-likeness (QED) is 0.316. The minimum Gasteiger partial charge on any atom is -0.496 e. The van der Waals surface area contributed by atoms with E-state index in [-0.39, 0.29) is 17.2 Å². The van der Waals surface area contributed by atoms with Gasteiger partial charge in [0, 0.05) is 22.8 Å². The second kappa shape index (κ2) is 9.91. The molecule has 0 spiro atoms. The average Bonchev–Trinajstić information content (AvgIpc) is 3.60. The fourth-order valence-corrected chi connectivity index (χ4v) is 6.66. The number of carbonyl (C=O) groups is 1. The average molecular weight is 561 g/mol. The van der Waals surface area contributed by atoms with E-state index < -0.39 is 5.97 Å². The fraction of sp³-hybridized carbons (Fsp3) is 0.121. The minimum absolute atomic E-state index is 0.140. The van der Waals surface area contributed by atoms with Crippen LogP contribution in [0.2, 0.25) is 0 Å². The Morgan fingerprint density at radius 3 is 2.61 bits per heavy atom. The molecule has 3 heterocycles. The molecule has 7 rings (SSSR count). The van der Waals surface area contributed by atoms with E-state index in [4.69, 9.17) is 14.1 Å². The molecular weight excluding hydrogens is 536 g/mol. The number of methoxy groups -OCH3 is 1. The van der Waals surface area contributed by atoms with Crippen molar-refractivity contribution in [2.45, 2.75) is 18.9 Å². The molecule has 0 fully saturated rings. The topological polar surface area (TPSA) is 94.0 Å². The lowest BCUT2D eigenvalue weighted by Crippen LogP contribution is -2.38. The Hall–Kier alpha value is -4.95. The van der Waals surface area contributed by atoms with Crippen molar-refractivity contribution in [2.75, 3.05) is 7.11 Å². The first-order valence-electron chi connectivity index (χ1n) is 13.2. The maximum Gasteiger partial charge on any atom is 0.335 e. The second-order valence-electron chi connectivity index (χ2n) is 9.94. The summed E-state index contributed by atoms with van der Waals surface area (Å²) >= 11 is 1.34. The van der Waals surface area contributed by atoms with E-state index in [0.717, 1.165) is 46.6 Å². The number of ether oxygens (including phenoxy) is 1. The molecular formula is C33H24N2O5S. The zero-order valence-electron chi connectivity index (χ0n) is 22.0. The summed E-state index contributed by atoms with van der Waals surface area (Å²) in [5, 5.41) is 9.17. The standard InChI is InChI=1S/C33H24N2O5S/c1-39-27-9-5-4-8-24(27)30-25-16-14-19-6-2-3-7-23(19)29(25)34-33-35(30)31(36)28(41-33)18-22-15-17-26(40-22)20-10-12-21(13-11-20)32(37)38/h2-13,15,17-18,30H,14,16H2,1H3,(H,37,38). The Bertz CT molecular complexity index is 2050. The summed E-state index contributed by atoms with van der Waals surface area (Å²) in [7, 11) is 1.65. The summed E-state index contributed by atoms with van der Waals surface area (Å²) in [4.78, 5) is 30.9. The smallest absolute Gasteiger partial charge is 0.335 e. The van der Waals surface area contributed by atoms with Gasteiger partial charge >= 0.3 is 5.97 Å². The molecule has 2 aromatic heterocycles. The first kappa shape index (κ1) is 25.0. The Kier molecular flexibility index (Phi) is 6.05. The number of hydrogen-bond donors (Lipinski definition) is 1. The number of para-hydroxylation sites is 1. The molecule has 7 nitrogen and oxygen atoms in total. The number of carboxylic acids is 1. The highest BCUT2D eigenvalue weighted by Gasteiger charge is 2.34. The van der Waals surface area contributed by atoms with Gasteiger partial charge in [0.2, 0.25) is 0 Å². The van der Waals surface area contributed by atoms with Gasteiger partial charge in [-0.3, -0.25) is 9.36 Å². The first-order chi connectivity index (χ1) is 20.0. The van der Waals surface area contributed by atoms with E-state index in [9.17, 15) is 14.7 Å². The molecule has 1 N–H and O–H groups in total. The van der Waals surface area contributed by atoms with Crippen LogP contribution in [0.4, 0.5) is 0 Å². The van der Waals surface area contributed by atoms with Crippen LogP contribution < -0.4 is 19.6 Å². The van der Waals surface area contributed by atoms with Crippen LogP contribution in [0.5, 0.6) is 5.75 Å². The van der Waals surface area contributed by atoms with Gasteiger partial charge in [0.05, 0.1) is 28.9 Å². The number of nitrogens with zero attached hydrogens (tertiary/aromatic N) is 2. The third-order valence-electron chi connectivity index (χ3n) is 7.62. The molecule has 1 atom stereocenters. The number of allylic oxidation sites excluding steroid dienone is 1. The van der Waals surface area contributed by atoms with E-state index >= 15 is 0 Å². The second-order valence-corrected chi connectivity index (χ2v) is 10.9. The number of rotatable bonds is 5. The predicted molar refractivity (Wildman–Crippen MR) is 157 cm³/mol. The summed E-state index contributed by atoms with van der Waals surface area (Å²) in [5.41, 5.74) is 6.14. The molecule has 202 valence electrons. The van der Waals surface area contributed by atoms with Crippen LogP contribution in [0.25, 0.3) is 23.1 Å². The number of hydrogen-bond acceptors (Lipinski definition) is 6. The number of aromatic carboxylic acids is 1. The number of benzene rings is 3. The van der Waals surface area contributed by atoms with Gasteiger partial charge in [-0.25, -0.2) is 9.79 Å². The van der Waals surface area contributed by atoms with Crippen molar-refractivity contribution in [2.24, 2.45) is 4.99 Å². The highest BCUT2D eigenvalue weighted by molar-refractivity contribution is 7.07. The van der Waals surface area contributed by atoms with Crippen LogP contribution in [0.3, 0.4) is 0 Å². The Morgan fingerprint density at radius 2 is 1.80 bits per heavy atom. The van der Waals surface area contributed by atoms with Crippen LogP contribution in [0, 0.1) is 0 Å². The SMILES string of the molecule is COc1ccccc1C1C2=C(N=c3sc(=Cc4ccc(-c5ccc(C(=O)O)cc5)o4)c(=O)n31)c1ccccc1CC2. The molecule has 3 aromatic carbocycles.